The lowest BCUT2D eigenvalue weighted by atomic mass is 9.92. The van der Waals surface area contributed by atoms with Crippen molar-refractivity contribution in [1.29, 1.82) is 0 Å². The minimum atomic E-state index is 0.704. The largest absolute Gasteiger partial charge is 0.316 e. The zero-order chi connectivity index (χ0) is 9.10. The van der Waals surface area contributed by atoms with E-state index in [0.29, 0.717) is 5.92 Å². The van der Waals surface area contributed by atoms with Crippen LogP contribution in [0, 0.1) is 6.92 Å². The summed E-state index contributed by atoms with van der Waals surface area (Å²) in [5.41, 5.74) is 2.57. The first-order valence-electron chi connectivity index (χ1n) is 4.99. The lowest BCUT2D eigenvalue weighted by Gasteiger charge is -2.23. The SMILES string of the molecule is Cc1cc([C@H]2CCCNC2)ccn1. The molecule has 1 aliphatic rings. The van der Waals surface area contributed by atoms with E-state index in [-0.39, 0.29) is 0 Å². The second-order valence-corrected chi connectivity index (χ2v) is 3.77. The maximum absolute atomic E-state index is 4.21. The molecule has 1 aromatic heterocycles. The first-order chi connectivity index (χ1) is 6.36. The molecule has 0 aromatic carbocycles. The molecule has 2 heteroatoms. The molecular weight excluding hydrogens is 160 g/mol. The number of hydrogen-bond donors (Lipinski definition) is 1. The summed E-state index contributed by atoms with van der Waals surface area (Å²) < 4.78 is 0. The van der Waals surface area contributed by atoms with Crippen LogP contribution in [0.5, 0.6) is 0 Å². The molecule has 1 atom stereocenters. The van der Waals surface area contributed by atoms with Crippen LogP contribution in [-0.4, -0.2) is 18.1 Å². The van der Waals surface area contributed by atoms with E-state index in [1.54, 1.807) is 0 Å². The zero-order valence-electron chi connectivity index (χ0n) is 8.09. The van der Waals surface area contributed by atoms with E-state index in [0.717, 1.165) is 12.2 Å². The fraction of sp³-hybridized carbons (Fsp3) is 0.545. The highest BCUT2D eigenvalue weighted by atomic mass is 14.9. The summed E-state index contributed by atoms with van der Waals surface area (Å²) in [6.45, 7) is 4.36. The van der Waals surface area contributed by atoms with Gasteiger partial charge in [-0.15, -0.1) is 0 Å². The number of rotatable bonds is 1. The Kier molecular flexibility index (Phi) is 2.60. The van der Waals surface area contributed by atoms with Crippen molar-refractivity contribution in [2.24, 2.45) is 0 Å². The Morgan fingerprint density at radius 1 is 1.54 bits per heavy atom. The highest BCUT2D eigenvalue weighted by Gasteiger charge is 2.14. The molecule has 1 saturated heterocycles. The van der Waals surface area contributed by atoms with E-state index in [2.05, 4.69) is 29.4 Å². The second-order valence-electron chi connectivity index (χ2n) is 3.77. The molecule has 2 rings (SSSR count). The summed E-state index contributed by atoms with van der Waals surface area (Å²) in [5, 5.41) is 3.43. The average molecular weight is 176 g/mol. The molecule has 1 N–H and O–H groups in total. The van der Waals surface area contributed by atoms with Crippen LogP contribution in [0.25, 0.3) is 0 Å². The van der Waals surface area contributed by atoms with Crippen molar-refractivity contribution >= 4 is 0 Å². The van der Waals surface area contributed by atoms with Gasteiger partial charge in [0, 0.05) is 18.4 Å². The summed E-state index contributed by atoms with van der Waals surface area (Å²) in [7, 11) is 0. The van der Waals surface area contributed by atoms with Crippen molar-refractivity contribution < 1.29 is 0 Å². The molecule has 0 bridgehead atoms. The second kappa shape index (κ2) is 3.88. The topological polar surface area (TPSA) is 24.9 Å². The van der Waals surface area contributed by atoms with E-state index in [9.17, 15) is 0 Å². The number of pyridine rings is 1. The summed E-state index contributed by atoms with van der Waals surface area (Å²) in [4.78, 5) is 4.21. The first-order valence-corrected chi connectivity index (χ1v) is 4.99. The predicted molar refractivity (Wildman–Crippen MR) is 53.8 cm³/mol. The number of hydrogen-bond acceptors (Lipinski definition) is 2. The monoisotopic (exact) mass is 176 g/mol. The lowest BCUT2D eigenvalue weighted by Crippen LogP contribution is -2.28. The molecular formula is C11H16N2. The fourth-order valence-electron chi connectivity index (χ4n) is 1.96. The van der Waals surface area contributed by atoms with Crippen molar-refractivity contribution in [2.75, 3.05) is 13.1 Å². The predicted octanol–water partition coefficient (Wildman–Crippen LogP) is 1.86. The Hall–Kier alpha value is -0.890. The highest BCUT2D eigenvalue weighted by molar-refractivity contribution is 5.20. The van der Waals surface area contributed by atoms with Crippen LogP contribution in [0.15, 0.2) is 18.3 Å². The molecule has 2 heterocycles. The van der Waals surface area contributed by atoms with Gasteiger partial charge in [-0.2, -0.15) is 0 Å². The van der Waals surface area contributed by atoms with Crippen molar-refractivity contribution in [3.05, 3.63) is 29.6 Å². The average Bonchev–Trinajstić information content (AvgIpc) is 2.19. The van der Waals surface area contributed by atoms with Gasteiger partial charge in [0.1, 0.15) is 0 Å². The fourth-order valence-corrected chi connectivity index (χ4v) is 1.96. The number of aryl methyl sites for hydroxylation is 1. The lowest BCUT2D eigenvalue weighted by molar-refractivity contribution is 0.461. The van der Waals surface area contributed by atoms with Gasteiger partial charge in [-0.05, 0) is 49.9 Å². The standard InChI is InChI=1S/C11H16N2/c1-9-7-10(4-6-13-9)11-3-2-5-12-8-11/h4,6-7,11-12H,2-3,5,8H2,1H3/t11-/m0/s1. The molecule has 70 valence electrons. The quantitative estimate of drug-likeness (QED) is 0.706. The van der Waals surface area contributed by atoms with E-state index in [1.165, 1.54) is 24.9 Å². The van der Waals surface area contributed by atoms with E-state index in [4.69, 9.17) is 0 Å². The third-order valence-corrected chi connectivity index (χ3v) is 2.69. The molecule has 1 aliphatic heterocycles. The van der Waals surface area contributed by atoms with Gasteiger partial charge in [0.15, 0.2) is 0 Å². The molecule has 0 spiro atoms. The Morgan fingerprint density at radius 2 is 2.46 bits per heavy atom. The summed E-state index contributed by atoms with van der Waals surface area (Å²) >= 11 is 0. The molecule has 0 amide bonds. The van der Waals surface area contributed by atoms with Gasteiger partial charge in [0.2, 0.25) is 0 Å². The van der Waals surface area contributed by atoms with Crippen LogP contribution in [-0.2, 0) is 0 Å². The molecule has 0 unspecified atom stereocenters. The van der Waals surface area contributed by atoms with Crippen LogP contribution in [0.1, 0.15) is 30.0 Å². The smallest absolute Gasteiger partial charge is 0.0375 e. The van der Waals surface area contributed by atoms with Gasteiger partial charge in [-0.1, -0.05) is 0 Å². The summed E-state index contributed by atoms with van der Waals surface area (Å²) in [6.07, 6.45) is 4.53. The van der Waals surface area contributed by atoms with Crippen molar-refractivity contribution in [3.8, 4) is 0 Å². The van der Waals surface area contributed by atoms with Gasteiger partial charge < -0.3 is 5.32 Å². The number of aromatic nitrogens is 1. The van der Waals surface area contributed by atoms with Crippen LogP contribution in [0.2, 0.25) is 0 Å². The van der Waals surface area contributed by atoms with Crippen LogP contribution >= 0.6 is 0 Å². The van der Waals surface area contributed by atoms with Crippen molar-refractivity contribution in [3.63, 3.8) is 0 Å². The third-order valence-electron chi connectivity index (χ3n) is 2.69. The van der Waals surface area contributed by atoms with E-state index in [1.807, 2.05) is 6.20 Å². The molecule has 0 radical (unpaired) electrons. The Labute approximate surface area is 79.4 Å². The van der Waals surface area contributed by atoms with Gasteiger partial charge in [0.25, 0.3) is 0 Å². The third kappa shape index (κ3) is 2.07. The normalized spacial score (nSPS) is 23.0. The van der Waals surface area contributed by atoms with E-state index >= 15 is 0 Å². The van der Waals surface area contributed by atoms with Gasteiger partial charge in [0.05, 0.1) is 0 Å². The molecule has 2 nitrogen and oxygen atoms in total. The molecule has 1 fully saturated rings. The molecule has 0 aliphatic carbocycles. The first kappa shape index (κ1) is 8.70. The minimum Gasteiger partial charge on any atom is -0.316 e. The maximum atomic E-state index is 4.21. The van der Waals surface area contributed by atoms with Crippen LogP contribution < -0.4 is 5.32 Å². The number of piperidine rings is 1. The Balaban J connectivity index is 2.14. The summed E-state index contributed by atoms with van der Waals surface area (Å²) in [5.74, 6) is 0.704. The van der Waals surface area contributed by atoms with Crippen molar-refractivity contribution in [1.82, 2.24) is 10.3 Å². The summed E-state index contributed by atoms with van der Waals surface area (Å²) in [6, 6.07) is 4.35. The molecule has 1 aromatic rings. The van der Waals surface area contributed by atoms with Crippen LogP contribution in [0.4, 0.5) is 0 Å². The van der Waals surface area contributed by atoms with Crippen LogP contribution in [0.3, 0.4) is 0 Å². The highest BCUT2D eigenvalue weighted by Crippen LogP contribution is 2.22. The Morgan fingerprint density at radius 3 is 3.15 bits per heavy atom. The number of nitrogens with one attached hydrogen (secondary N) is 1. The van der Waals surface area contributed by atoms with Crippen molar-refractivity contribution in [2.45, 2.75) is 25.7 Å². The maximum Gasteiger partial charge on any atom is 0.0375 e. The molecule has 13 heavy (non-hydrogen) atoms. The molecule has 0 saturated carbocycles. The minimum absolute atomic E-state index is 0.704. The van der Waals surface area contributed by atoms with E-state index < -0.39 is 0 Å². The number of nitrogens with zero attached hydrogens (tertiary/aromatic N) is 1. The van der Waals surface area contributed by atoms with Gasteiger partial charge >= 0.3 is 0 Å². The zero-order valence-corrected chi connectivity index (χ0v) is 8.09. The van der Waals surface area contributed by atoms with Gasteiger partial charge in [-0.25, -0.2) is 0 Å². The Bertz CT molecular complexity index is 277. The van der Waals surface area contributed by atoms with Gasteiger partial charge in [-0.3, -0.25) is 4.98 Å².